The summed E-state index contributed by atoms with van der Waals surface area (Å²) in [5, 5.41) is 25.1. The second-order valence-electron chi connectivity index (χ2n) is 10.3. The minimum atomic E-state index is -1.30. The van der Waals surface area contributed by atoms with Gasteiger partial charge >= 0.3 is 5.97 Å². The van der Waals surface area contributed by atoms with Crippen LogP contribution in [0.25, 0.3) is 0 Å². The van der Waals surface area contributed by atoms with Gasteiger partial charge in [-0.05, 0) is 30.5 Å². The van der Waals surface area contributed by atoms with Crippen molar-refractivity contribution in [2.24, 2.45) is 5.92 Å². The molecule has 0 bridgehead atoms. The van der Waals surface area contributed by atoms with Crippen LogP contribution in [0.5, 0.6) is 5.75 Å². The van der Waals surface area contributed by atoms with Crippen molar-refractivity contribution >= 4 is 29.2 Å². The maximum Gasteiger partial charge on any atom is 0.316 e. The van der Waals surface area contributed by atoms with Crippen LogP contribution in [0.1, 0.15) is 102 Å². The first kappa shape index (κ1) is 31.9. The zero-order chi connectivity index (χ0) is 28.3. The number of carboxylic acids is 1. The minimum absolute atomic E-state index is 0.0378. The van der Waals surface area contributed by atoms with Gasteiger partial charge in [0.2, 0.25) is 11.8 Å². The number of unbranched alkanes of at least 4 members (excludes halogenated alkanes) is 12. The molecule has 0 heterocycles. The van der Waals surface area contributed by atoms with Gasteiger partial charge in [0.15, 0.2) is 0 Å². The highest BCUT2D eigenvalue weighted by Gasteiger charge is 2.27. The van der Waals surface area contributed by atoms with E-state index in [0.29, 0.717) is 12.1 Å². The average Bonchev–Trinajstić information content (AvgIpc) is 2.91. The second kappa shape index (κ2) is 18.8. The number of rotatable bonds is 20. The third-order valence-corrected chi connectivity index (χ3v) is 6.94. The fourth-order valence-corrected chi connectivity index (χ4v) is 4.60. The van der Waals surface area contributed by atoms with Crippen LogP contribution >= 0.6 is 0 Å². The van der Waals surface area contributed by atoms with Gasteiger partial charge in [0, 0.05) is 18.2 Å². The summed E-state index contributed by atoms with van der Waals surface area (Å²) in [5.74, 6) is -3.63. The van der Waals surface area contributed by atoms with Gasteiger partial charge in [0.1, 0.15) is 11.7 Å². The third-order valence-electron chi connectivity index (χ3n) is 6.94. The first-order valence-corrected chi connectivity index (χ1v) is 14.6. The molecule has 2 rings (SSSR count). The van der Waals surface area contributed by atoms with E-state index in [1.165, 1.54) is 76.3 Å². The molecule has 0 aliphatic heterocycles. The summed E-state index contributed by atoms with van der Waals surface area (Å²) in [6, 6.07) is 13.3. The number of amides is 2. The lowest BCUT2D eigenvalue weighted by molar-refractivity contribution is -0.145. The van der Waals surface area contributed by atoms with Crippen LogP contribution in [0.15, 0.2) is 48.5 Å². The molecule has 39 heavy (non-hydrogen) atoms. The van der Waals surface area contributed by atoms with Crippen molar-refractivity contribution in [1.82, 2.24) is 0 Å². The molecule has 0 radical (unpaired) electrons. The largest absolute Gasteiger partial charge is 0.506 e. The average molecular weight is 539 g/mol. The Morgan fingerprint density at radius 1 is 0.744 bits per heavy atom. The number of carboxylic acid groups (broad SMARTS) is 1. The lowest BCUT2D eigenvalue weighted by atomic mass is 9.98. The van der Waals surface area contributed by atoms with Crippen molar-refractivity contribution in [3.63, 3.8) is 0 Å². The van der Waals surface area contributed by atoms with E-state index >= 15 is 0 Å². The molecule has 214 valence electrons. The van der Waals surface area contributed by atoms with Gasteiger partial charge in [-0.3, -0.25) is 14.4 Å². The van der Waals surface area contributed by atoms with Crippen molar-refractivity contribution in [3.05, 3.63) is 54.1 Å². The maximum absolute atomic E-state index is 12.6. The Morgan fingerprint density at radius 3 is 1.85 bits per heavy atom. The highest BCUT2D eigenvalue weighted by atomic mass is 16.4. The van der Waals surface area contributed by atoms with Crippen LogP contribution in [-0.4, -0.2) is 28.0 Å². The number of anilines is 2. The molecule has 0 saturated carbocycles. The Morgan fingerprint density at radius 2 is 1.31 bits per heavy atom. The summed E-state index contributed by atoms with van der Waals surface area (Å²) >= 11 is 0. The predicted octanol–water partition coefficient (Wildman–Crippen LogP) is 7.69. The van der Waals surface area contributed by atoms with Crippen molar-refractivity contribution in [3.8, 4) is 5.75 Å². The van der Waals surface area contributed by atoms with Crippen LogP contribution in [0, 0.1) is 5.92 Å². The molecule has 0 aliphatic carbocycles. The molecule has 0 fully saturated rings. The number of carbonyl (C=O) groups excluding carboxylic acids is 2. The number of carbonyl (C=O) groups is 3. The lowest BCUT2D eigenvalue weighted by Crippen LogP contribution is -2.31. The number of nitrogens with one attached hydrogen (secondary N) is 2. The maximum atomic E-state index is 12.6. The minimum Gasteiger partial charge on any atom is -0.506 e. The first-order chi connectivity index (χ1) is 18.9. The van der Waals surface area contributed by atoms with E-state index in [0.717, 1.165) is 24.8 Å². The molecule has 0 spiro atoms. The number of aliphatic carboxylic acids is 1. The molecule has 2 aromatic carbocycles. The normalized spacial score (nSPS) is 11.6. The molecule has 0 aliphatic rings. The molecule has 1 atom stereocenters. The van der Waals surface area contributed by atoms with Crippen LogP contribution in [-0.2, 0) is 20.8 Å². The van der Waals surface area contributed by atoms with E-state index in [1.807, 2.05) is 6.07 Å². The number of hydrogen-bond donors (Lipinski definition) is 4. The lowest BCUT2D eigenvalue weighted by Gasteiger charge is -2.14. The Hall–Kier alpha value is -3.35. The summed E-state index contributed by atoms with van der Waals surface area (Å²) in [4.78, 5) is 36.6. The number of hydrogen-bond acceptors (Lipinski definition) is 4. The SMILES string of the molecule is CCCCCCCCCCCCCCCC(=O)Nc1ccc(NC(=O)C(Cc2ccccc2)C(=O)O)c(O)c1. The van der Waals surface area contributed by atoms with Gasteiger partial charge in [-0.15, -0.1) is 0 Å². The van der Waals surface area contributed by atoms with Crippen molar-refractivity contribution in [1.29, 1.82) is 0 Å². The quantitative estimate of drug-likeness (QED) is 0.0783. The molecule has 7 heteroatoms. The van der Waals surface area contributed by atoms with E-state index < -0.39 is 17.8 Å². The molecular weight excluding hydrogens is 492 g/mol. The predicted molar refractivity (Wildman–Crippen MR) is 157 cm³/mol. The van der Waals surface area contributed by atoms with E-state index in [4.69, 9.17) is 0 Å². The Kier molecular flexibility index (Phi) is 15.4. The number of aromatic hydroxyl groups is 1. The number of benzene rings is 2. The standard InChI is InChI=1S/C32H46N2O5/c1-2-3-4-5-6-7-8-9-10-11-12-13-17-20-30(36)33-26-21-22-28(29(35)24-26)34-31(37)27(32(38)39)23-25-18-15-14-16-19-25/h14-16,18-19,21-22,24,27,35H,2-13,17,20,23H2,1H3,(H,33,36)(H,34,37)(H,38,39). The number of phenolic OH excluding ortho intramolecular Hbond substituents is 1. The fraction of sp³-hybridized carbons (Fsp3) is 0.531. The summed E-state index contributed by atoms with van der Waals surface area (Å²) in [5.41, 5.74) is 1.24. The number of phenols is 1. The van der Waals surface area contributed by atoms with Crippen LogP contribution in [0.3, 0.4) is 0 Å². The Bertz CT molecular complexity index is 1010. The van der Waals surface area contributed by atoms with Crippen LogP contribution < -0.4 is 10.6 Å². The first-order valence-electron chi connectivity index (χ1n) is 14.6. The summed E-state index contributed by atoms with van der Waals surface area (Å²) in [6.45, 7) is 2.25. The Labute approximate surface area is 233 Å². The molecular formula is C32H46N2O5. The summed E-state index contributed by atoms with van der Waals surface area (Å²) in [6.07, 6.45) is 16.7. The molecule has 7 nitrogen and oxygen atoms in total. The second-order valence-corrected chi connectivity index (χ2v) is 10.3. The topological polar surface area (TPSA) is 116 Å². The molecule has 1 unspecified atom stereocenters. The highest BCUT2D eigenvalue weighted by molar-refractivity contribution is 6.05. The van der Waals surface area contributed by atoms with Gasteiger partial charge in [-0.25, -0.2) is 0 Å². The zero-order valence-corrected chi connectivity index (χ0v) is 23.4. The van der Waals surface area contributed by atoms with Gasteiger partial charge in [0.25, 0.3) is 0 Å². The smallest absolute Gasteiger partial charge is 0.316 e. The van der Waals surface area contributed by atoms with Crippen molar-refractivity contribution in [2.45, 2.75) is 103 Å². The van der Waals surface area contributed by atoms with E-state index in [-0.39, 0.29) is 23.8 Å². The van der Waals surface area contributed by atoms with E-state index in [9.17, 15) is 24.6 Å². The van der Waals surface area contributed by atoms with Crippen molar-refractivity contribution in [2.75, 3.05) is 10.6 Å². The van der Waals surface area contributed by atoms with Gasteiger partial charge in [0.05, 0.1) is 5.69 Å². The third kappa shape index (κ3) is 13.3. The summed E-state index contributed by atoms with van der Waals surface area (Å²) in [7, 11) is 0. The van der Waals surface area contributed by atoms with E-state index in [2.05, 4.69) is 17.6 Å². The van der Waals surface area contributed by atoms with Crippen molar-refractivity contribution < 1.29 is 24.6 Å². The molecule has 2 amide bonds. The molecule has 2 aromatic rings. The fourth-order valence-electron chi connectivity index (χ4n) is 4.60. The Balaban J connectivity index is 1.64. The van der Waals surface area contributed by atoms with Crippen LogP contribution in [0.2, 0.25) is 0 Å². The molecule has 0 aromatic heterocycles. The van der Waals surface area contributed by atoms with E-state index in [1.54, 1.807) is 30.3 Å². The molecule has 0 saturated heterocycles. The zero-order valence-electron chi connectivity index (χ0n) is 23.4. The highest BCUT2D eigenvalue weighted by Crippen LogP contribution is 2.28. The van der Waals surface area contributed by atoms with Gasteiger partial charge in [-0.2, -0.15) is 0 Å². The van der Waals surface area contributed by atoms with Gasteiger partial charge < -0.3 is 20.8 Å². The van der Waals surface area contributed by atoms with Gasteiger partial charge in [-0.1, -0.05) is 114 Å². The monoisotopic (exact) mass is 538 g/mol. The summed E-state index contributed by atoms with van der Waals surface area (Å²) < 4.78 is 0. The van der Waals surface area contributed by atoms with Crippen LogP contribution in [0.4, 0.5) is 11.4 Å². The molecule has 4 N–H and O–H groups in total.